The fraction of sp³-hybridized carbons (Fsp3) is 0.318. The topological polar surface area (TPSA) is 92.7 Å². The van der Waals surface area contributed by atoms with Crippen LogP contribution < -0.4 is 5.32 Å². The second-order valence-electron chi connectivity index (χ2n) is 6.97. The average molecular weight is 418 g/mol. The van der Waals surface area contributed by atoms with E-state index in [1.807, 2.05) is 42.5 Å². The number of benzene rings is 2. The molecule has 1 amide bonds. The first-order valence-electron chi connectivity index (χ1n) is 9.28. The molecule has 6 nitrogen and oxygen atoms in total. The van der Waals surface area contributed by atoms with E-state index in [2.05, 4.69) is 5.32 Å². The monoisotopic (exact) mass is 417 g/mol. The van der Waals surface area contributed by atoms with Crippen molar-refractivity contribution in [3.8, 4) is 11.1 Å². The Morgan fingerprint density at radius 3 is 2.41 bits per heavy atom. The largest absolute Gasteiger partial charge is 0.456 e. The SMILES string of the molecule is CC(C)OC(=O)C(=O)N[C@H](Cc1ccc(-c2cccc(Cl)c2)cc1)CC(O)C=O. The molecule has 0 radical (unpaired) electrons. The van der Waals surface area contributed by atoms with Crippen LogP contribution in [0.15, 0.2) is 48.5 Å². The van der Waals surface area contributed by atoms with Gasteiger partial charge in [-0.15, -0.1) is 0 Å². The molecule has 0 aliphatic heterocycles. The zero-order valence-corrected chi connectivity index (χ0v) is 17.1. The van der Waals surface area contributed by atoms with Crippen LogP contribution in [0.25, 0.3) is 11.1 Å². The number of esters is 1. The first-order valence-corrected chi connectivity index (χ1v) is 9.66. The summed E-state index contributed by atoms with van der Waals surface area (Å²) in [6.07, 6.45) is -0.950. The molecule has 154 valence electrons. The van der Waals surface area contributed by atoms with Crippen LogP contribution in [0.2, 0.25) is 5.02 Å². The molecule has 2 N–H and O–H groups in total. The van der Waals surface area contributed by atoms with Crippen molar-refractivity contribution in [1.82, 2.24) is 5.32 Å². The van der Waals surface area contributed by atoms with Gasteiger partial charge in [-0.25, -0.2) is 4.79 Å². The number of amides is 1. The summed E-state index contributed by atoms with van der Waals surface area (Å²) in [5.41, 5.74) is 2.82. The van der Waals surface area contributed by atoms with E-state index in [1.165, 1.54) is 0 Å². The number of carbonyl (C=O) groups is 3. The van der Waals surface area contributed by atoms with Gasteiger partial charge in [-0.05, 0) is 49.1 Å². The van der Waals surface area contributed by atoms with Crippen molar-refractivity contribution in [2.45, 2.75) is 44.9 Å². The van der Waals surface area contributed by atoms with Crippen LogP contribution >= 0.6 is 11.6 Å². The van der Waals surface area contributed by atoms with Gasteiger partial charge in [0.15, 0.2) is 0 Å². The zero-order chi connectivity index (χ0) is 21.4. The summed E-state index contributed by atoms with van der Waals surface area (Å²) in [7, 11) is 0. The van der Waals surface area contributed by atoms with Gasteiger partial charge in [-0.1, -0.05) is 48.0 Å². The number of hydrogen-bond acceptors (Lipinski definition) is 5. The molecule has 0 fully saturated rings. The van der Waals surface area contributed by atoms with Crippen molar-refractivity contribution in [2.24, 2.45) is 0 Å². The Labute approximate surface area is 174 Å². The molecule has 0 bridgehead atoms. The van der Waals surface area contributed by atoms with Crippen molar-refractivity contribution in [3.63, 3.8) is 0 Å². The lowest BCUT2D eigenvalue weighted by Crippen LogP contribution is -2.43. The fourth-order valence-electron chi connectivity index (χ4n) is 2.84. The second-order valence-corrected chi connectivity index (χ2v) is 7.41. The van der Waals surface area contributed by atoms with E-state index in [9.17, 15) is 19.5 Å². The number of rotatable bonds is 8. The first kappa shape index (κ1) is 22.6. The predicted molar refractivity (Wildman–Crippen MR) is 110 cm³/mol. The van der Waals surface area contributed by atoms with Crippen LogP contribution in [0.1, 0.15) is 25.8 Å². The molecule has 29 heavy (non-hydrogen) atoms. The number of carbonyl (C=O) groups excluding carboxylic acids is 3. The van der Waals surface area contributed by atoms with E-state index < -0.39 is 30.1 Å². The van der Waals surface area contributed by atoms with Gasteiger partial charge in [0.1, 0.15) is 12.4 Å². The summed E-state index contributed by atoms with van der Waals surface area (Å²) in [4.78, 5) is 34.6. The molecule has 2 rings (SSSR count). The van der Waals surface area contributed by atoms with Gasteiger partial charge in [0, 0.05) is 17.5 Å². The van der Waals surface area contributed by atoms with Crippen LogP contribution in [0, 0.1) is 0 Å². The molecule has 2 aromatic carbocycles. The molecule has 1 unspecified atom stereocenters. The number of halogens is 1. The van der Waals surface area contributed by atoms with Crippen molar-refractivity contribution in [1.29, 1.82) is 0 Å². The highest BCUT2D eigenvalue weighted by Crippen LogP contribution is 2.23. The lowest BCUT2D eigenvalue weighted by molar-refractivity contribution is -0.158. The van der Waals surface area contributed by atoms with Gasteiger partial charge in [0.25, 0.3) is 0 Å². The van der Waals surface area contributed by atoms with E-state index >= 15 is 0 Å². The maximum absolute atomic E-state index is 12.1. The number of hydrogen-bond donors (Lipinski definition) is 2. The maximum Gasteiger partial charge on any atom is 0.397 e. The number of aliphatic hydroxyl groups is 1. The highest BCUT2D eigenvalue weighted by atomic mass is 35.5. The Bertz CT molecular complexity index is 851. The Balaban J connectivity index is 2.10. The van der Waals surface area contributed by atoms with Crippen LogP contribution in [0.5, 0.6) is 0 Å². The highest BCUT2D eigenvalue weighted by Gasteiger charge is 2.23. The summed E-state index contributed by atoms with van der Waals surface area (Å²) < 4.78 is 4.87. The Hall–Kier alpha value is -2.70. The molecular weight excluding hydrogens is 394 g/mol. The summed E-state index contributed by atoms with van der Waals surface area (Å²) in [5, 5.41) is 12.9. The van der Waals surface area contributed by atoms with E-state index in [-0.39, 0.29) is 6.42 Å². The molecule has 0 heterocycles. The minimum atomic E-state index is -1.24. The van der Waals surface area contributed by atoms with Gasteiger partial charge in [0.2, 0.25) is 0 Å². The van der Waals surface area contributed by atoms with Gasteiger partial charge in [0.05, 0.1) is 6.10 Å². The molecule has 0 aliphatic rings. The zero-order valence-electron chi connectivity index (χ0n) is 16.3. The standard InChI is InChI=1S/C22H24ClNO5/c1-14(2)29-22(28)21(27)24-19(12-20(26)13-25)10-15-6-8-16(9-7-15)17-4-3-5-18(23)11-17/h3-9,11,13-14,19-20,26H,10,12H2,1-2H3,(H,24,27)/t19-,20?/m1/s1. The molecule has 2 aromatic rings. The smallest absolute Gasteiger partial charge is 0.397 e. The minimum absolute atomic E-state index is 0.0136. The fourth-order valence-corrected chi connectivity index (χ4v) is 3.03. The van der Waals surface area contributed by atoms with Gasteiger partial charge >= 0.3 is 11.9 Å². The summed E-state index contributed by atoms with van der Waals surface area (Å²) >= 11 is 6.03. The van der Waals surface area contributed by atoms with Crippen molar-refractivity contribution in [3.05, 3.63) is 59.1 Å². The highest BCUT2D eigenvalue weighted by molar-refractivity contribution is 6.32. The number of aliphatic hydroxyl groups excluding tert-OH is 1. The van der Waals surface area contributed by atoms with Crippen LogP contribution in [-0.2, 0) is 25.5 Å². The second kappa shape index (κ2) is 10.7. The average Bonchev–Trinajstić information content (AvgIpc) is 2.67. The molecule has 2 atom stereocenters. The molecule has 0 aromatic heterocycles. The van der Waals surface area contributed by atoms with Gasteiger partial charge in [-0.2, -0.15) is 0 Å². The van der Waals surface area contributed by atoms with E-state index in [0.717, 1.165) is 16.7 Å². The lowest BCUT2D eigenvalue weighted by atomic mass is 9.98. The van der Waals surface area contributed by atoms with Crippen molar-refractivity contribution in [2.75, 3.05) is 0 Å². The maximum atomic E-state index is 12.1. The summed E-state index contributed by atoms with van der Waals surface area (Å²) in [5.74, 6) is -1.90. The third kappa shape index (κ3) is 7.33. The Kier molecular flexibility index (Phi) is 8.36. The first-order chi connectivity index (χ1) is 13.8. The predicted octanol–water partition coefficient (Wildman–Crippen LogP) is 2.94. The normalized spacial score (nSPS) is 12.9. The molecule has 0 saturated heterocycles. The number of aldehydes is 1. The lowest BCUT2D eigenvalue weighted by Gasteiger charge is -2.20. The van der Waals surface area contributed by atoms with Crippen LogP contribution in [-0.4, -0.2) is 41.5 Å². The molecule has 0 saturated carbocycles. The number of nitrogens with one attached hydrogen (secondary N) is 1. The van der Waals surface area contributed by atoms with Crippen LogP contribution in [0.4, 0.5) is 0 Å². The summed E-state index contributed by atoms with van der Waals surface area (Å²) in [6, 6.07) is 14.5. The van der Waals surface area contributed by atoms with Crippen molar-refractivity contribution < 1.29 is 24.2 Å². The third-order valence-corrected chi connectivity index (χ3v) is 4.38. The Morgan fingerprint density at radius 2 is 1.83 bits per heavy atom. The summed E-state index contributed by atoms with van der Waals surface area (Å²) in [6.45, 7) is 3.28. The minimum Gasteiger partial charge on any atom is -0.456 e. The van der Waals surface area contributed by atoms with Gasteiger partial charge < -0.3 is 20.0 Å². The third-order valence-electron chi connectivity index (χ3n) is 4.14. The van der Waals surface area contributed by atoms with E-state index in [4.69, 9.17) is 16.3 Å². The quantitative estimate of drug-likeness (QED) is 0.391. The van der Waals surface area contributed by atoms with Crippen LogP contribution in [0.3, 0.4) is 0 Å². The van der Waals surface area contributed by atoms with Gasteiger partial charge in [-0.3, -0.25) is 4.79 Å². The van der Waals surface area contributed by atoms with E-state index in [1.54, 1.807) is 19.9 Å². The Morgan fingerprint density at radius 1 is 1.14 bits per heavy atom. The van der Waals surface area contributed by atoms with Crippen molar-refractivity contribution >= 4 is 29.8 Å². The van der Waals surface area contributed by atoms with E-state index in [0.29, 0.717) is 17.7 Å². The molecular formula is C22H24ClNO5. The molecule has 0 aliphatic carbocycles. The molecule has 0 spiro atoms. The number of ether oxygens (including phenoxy) is 1. The molecule has 7 heteroatoms.